The molecule has 6 nitrogen and oxygen atoms in total. The number of hydrogen-bond acceptors (Lipinski definition) is 4. The molecule has 0 saturated carbocycles. The summed E-state index contributed by atoms with van der Waals surface area (Å²) < 4.78 is 13.1. The average Bonchev–Trinajstić information content (AvgIpc) is 3.26. The molecular formula is C17H19N3O3. The molecule has 1 aromatic heterocycles. The van der Waals surface area contributed by atoms with Crippen molar-refractivity contribution in [2.24, 2.45) is 0 Å². The van der Waals surface area contributed by atoms with Crippen molar-refractivity contribution in [2.45, 2.75) is 18.6 Å². The van der Waals surface area contributed by atoms with Crippen LogP contribution < -0.4 is 0 Å². The van der Waals surface area contributed by atoms with E-state index in [9.17, 15) is 4.79 Å². The van der Waals surface area contributed by atoms with Crippen LogP contribution in [0.25, 0.3) is 5.69 Å². The van der Waals surface area contributed by atoms with E-state index in [1.54, 1.807) is 17.1 Å². The molecule has 0 unspecified atom stereocenters. The predicted octanol–water partition coefficient (Wildman–Crippen LogP) is 1.85. The quantitative estimate of drug-likeness (QED) is 0.849. The molecule has 1 spiro atoms. The van der Waals surface area contributed by atoms with E-state index in [1.165, 1.54) is 0 Å². The van der Waals surface area contributed by atoms with E-state index < -0.39 is 5.79 Å². The SMILES string of the molecule is O=C(c1cnn(-c2ccccc2)c1)N1CCC2(CC1)OCCO2. The number of nitrogens with zero attached hydrogens (tertiary/aromatic N) is 3. The Bertz CT molecular complexity index is 682. The second-order valence-electron chi connectivity index (χ2n) is 5.91. The van der Waals surface area contributed by atoms with Crippen LogP contribution in [0.1, 0.15) is 23.2 Å². The van der Waals surface area contributed by atoms with E-state index >= 15 is 0 Å². The summed E-state index contributed by atoms with van der Waals surface area (Å²) in [6.45, 7) is 2.60. The third kappa shape index (κ3) is 2.75. The van der Waals surface area contributed by atoms with Crippen LogP contribution >= 0.6 is 0 Å². The number of carbonyl (C=O) groups excluding carboxylic acids is 1. The average molecular weight is 313 g/mol. The van der Waals surface area contributed by atoms with Crippen LogP contribution in [0.3, 0.4) is 0 Å². The summed E-state index contributed by atoms with van der Waals surface area (Å²) in [7, 11) is 0. The molecule has 2 aliphatic rings. The number of hydrogen-bond donors (Lipinski definition) is 0. The number of piperidine rings is 1. The minimum atomic E-state index is -0.453. The Morgan fingerprint density at radius 1 is 1.09 bits per heavy atom. The summed E-state index contributed by atoms with van der Waals surface area (Å²) >= 11 is 0. The summed E-state index contributed by atoms with van der Waals surface area (Å²) in [6, 6.07) is 9.77. The van der Waals surface area contributed by atoms with Gasteiger partial charge in [-0.3, -0.25) is 4.79 Å². The van der Waals surface area contributed by atoms with Gasteiger partial charge in [-0.25, -0.2) is 4.68 Å². The molecule has 120 valence electrons. The monoisotopic (exact) mass is 313 g/mol. The van der Waals surface area contributed by atoms with Gasteiger partial charge in [0.25, 0.3) is 5.91 Å². The minimum absolute atomic E-state index is 0.0139. The van der Waals surface area contributed by atoms with Crippen molar-refractivity contribution in [1.29, 1.82) is 0 Å². The normalized spacial score (nSPS) is 20.1. The Balaban J connectivity index is 1.45. The van der Waals surface area contributed by atoms with E-state index in [1.807, 2.05) is 35.2 Å². The van der Waals surface area contributed by atoms with Gasteiger partial charge < -0.3 is 14.4 Å². The zero-order valence-electron chi connectivity index (χ0n) is 12.9. The van der Waals surface area contributed by atoms with Crippen molar-refractivity contribution in [1.82, 2.24) is 14.7 Å². The van der Waals surface area contributed by atoms with Crippen LogP contribution in [-0.2, 0) is 9.47 Å². The molecule has 2 aromatic rings. The van der Waals surface area contributed by atoms with Gasteiger partial charge in [0.05, 0.1) is 30.7 Å². The van der Waals surface area contributed by atoms with Gasteiger partial charge in [0, 0.05) is 32.1 Å². The minimum Gasteiger partial charge on any atom is -0.347 e. The standard InChI is InChI=1S/C17H19N3O3/c21-16(19-8-6-17(7-9-19)22-10-11-23-17)14-12-18-20(13-14)15-4-2-1-3-5-15/h1-5,12-13H,6-11H2. The third-order valence-corrected chi connectivity index (χ3v) is 4.48. The Hall–Kier alpha value is -2.18. The molecule has 23 heavy (non-hydrogen) atoms. The summed E-state index contributed by atoms with van der Waals surface area (Å²) in [5.41, 5.74) is 1.55. The first-order chi connectivity index (χ1) is 11.3. The number of aromatic nitrogens is 2. The third-order valence-electron chi connectivity index (χ3n) is 4.48. The maximum Gasteiger partial charge on any atom is 0.257 e. The van der Waals surface area contributed by atoms with Crippen molar-refractivity contribution in [3.63, 3.8) is 0 Å². The van der Waals surface area contributed by atoms with Gasteiger partial charge in [-0.2, -0.15) is 5.10 Å². The van der Waals surface area contributed by atoms with Crippen LogP contribution in [0, 0.1) is 0 Å². The Labute approximate surface area is 134 Å². The zero-order chi connectivity index (χ0) is 15.7. The highest BCUT2D eigenvalue weighted by molar-refractivity contribution is 5.93. The maximum atomic E-state index is 12.6. The molecule has 3 heterocycles. The number of ether oxygens (including phenoxy) is 2. The van der Waals surface area contributed by atoms with Crippen molar-refractivity contribution in [2.75, 3.05) is 26.3 Å². The summed E-state index contributed by atoms with van der Waals surface area (Å²) in [4.78, 5) is 14.5. The van der Waals surface area contributed by atoms with Crippen LogP contribution in [-0.4, -0.2) is 52.7 Å². The lowest BCUT2D eigenvalue weighted by atomic mass is 10.0. The van der Waals surface area contributed by atoms with Crippen molar-refractivity contribution >= 4 is 5.91 Å². The molecular weight excluding hydrogens is 294 g/mol. The van der Waals surface area contributed by atoms with Gasteiger partial charge in [-0.15, -0.1) is 0 Å². The highest BCUT2D eigenvalue weighted by Gasteiger charge is 2.40. The van der Waals surface area contributed by atoms with E-state index in [2.05, 4.69) is 5.10 Å². The maximum absolute atomic E-state index is 12.6. The van der Waals surface area contributed by atoms with Crippen molar-refractivity contribution < 1.29 is 14.3 Å². The van der Waals surface area contributed by atoms with E-state index in [0.717, 1.165) is 18.5 Å². The fourth-order valence-corrected chi connectivity index (χ4v) is 3.17. The largest absolute Gasteiger partial charge is 0.347 e. The van der Waals surface area contributed by atoms with Gasteiger partial charge in [-0.1, -0.05) is 18.2 Å². The molecule has 0 bridgehead atoms. The van der Waals surface area contributed by atoms with E-state index in [4.69, 9.17) is 9.47 Å². The Morgan fingerprint density at radius 2 is 1.78 bits per heavy atom. The molecule has 6 heteroatoms. The lowest BCUT2D eigenvalue weighted by molar-refractivity contribution is -0.181. The summed E-state index contributed by atoms with van der Waals surface area (Å²) in [5, 5.41) is 4.29. The smallest absolute Gasteiger partial charge is 0.257 e. The van der Waals surface area contributed by atoms with Crippen LogP contribution in [0.5, 0.6) is 0 Å². The van der Waals surface area contributed by atoms with Crippen LogP contribution in [0.2, 0.25) is 0 Å². The van der Waals surface area contributed by atoms with Gasteiger partial charge in [0.15, 0.2) is 5.79 Å². The van der Waals surface area contributed by atoms with Crippen molar-refractivity contribution in [3.8, 4) is 5.69 Å². The van der Waals surface area contributed by atoms with Gasteiger partial charge in [0.2, 0.25) is 0 Å². The predicted molar refractivity (Wildman–Crippen MR) is 83.3 cm³/mol. The first-order valence-electron chi connectivity index (χ1n) is 7.93. The molecule has 0 aliphatic carbocycles. The van der Waals surface area contributed by atoms with E-state index in [0.29, 0.717) is 31.9 Å². The first kappa shape index (κ1) is 14.4. The highest BCUT2D eigenvalue weighted by Crippen LogP contribution is 2.31. The number of rotatable bonds is 2. The molecule has 2 fully saturated rings. The van der Waals surface area contributed by atoms with Gasteiger partial charge in [-0.05, 0) is 12.1 Å². The zero-order valence-corrected chi connectivity index (χ0v) is 12.9. The van der Waals surface area contributed by atoms with Gasteiger partial charge >= 0.3 is 0 Å². The topological polar surface area (TPSA) is 56.6 Å². The van der Waals surface area contributed by atoms with Crippen LogP contribution in [0.15, 0.2) is 42.7 Å². The van der Waals surface area contributed by atoms with Crippen LogP contribution in [0.4, 0.5) is 0 Å². The molecule has 1 aromatic carbocycles. The molecule has 0 atom stereocenters. The molecule has 2 saturated heterocycles. The second kappa shape index (κ2) is 5.79. The number of benzene rings is 1. The number of amides is 1. The lowest BCUT2D eigenvalue weighted by Gasteiger charge is -2.37. The lowest BCUT2D eigenvalue weighted by Crippen LogP contribution is -2.47. The summed E-state index contributed by atoms with van der Waals surface area (Å²) in [5.74, 6) is -0.439. The molecule has 2 aliphatic heterocycles. The number of likely N-dealkylation sites (tertiary alicyclic amines) is 1. The van der Waals surface area contributed by atoms with Gasteiger partial charge in [0.1, 0.15) is 0 Å². The number of carbonyl (C=O) groups is 1. The second-order valence-corrected chi connectivity index (χ2v) is 5.91. The first-order valence-corrected chi connectivity index (χ1v) is 7.93. The molecule has 4 rings (SSSR count). The molecule has 0 radical (unpaired) electrons. The highest BCUT2D eigenvalue weighted by atomic mass is 16.7. The van der Waals surface area contributed by atoms with Crippen molar-refractivity contribution in [3.05, 3.63) is 48.3 Å². The fraction of sp³-hybridized carbons (Fsp3) is 0.412. The Morgan fingerprint density at radius 3 is 2.48 bits per heavy atom. The summed E-state index contributed by atoms with van der Waals surface area (Å²) in [6.07, 6.45) is 4.87. The molecule has 0 N–H and O–H groups in total. The van der Waals surface area contributed by atoms with E-state index in [-0.39, 0.29) is 5.91 Å². The number of para-hydroxylation sites is 1. The molecule has 1 amide bonds. The fourth-order valence-electron chi connectivity index (χ4n) is 3.17. The Kier molecular flexibility index (Phi) is 3.63.